The number of methoxy groups -OCH3 is 1. The number of aromatic nitrogens is 1. The van der Waals surface area contributed by atoms with E-state index >= 15 is 0 Å². The molecule has 9 heteroatoms. The number of carbonyl (C=O) groups is 3. The Balaban J connectivity index is 1.47. The highest BCUT2D eigenvalue weighted by Gasteiger charge is 2.39. The number of amides is 3. The first kappa shape index (κ1) is 23.9. The van der Waals surface area contributed by atoms with E-state index in [0.717, 1.165) is 48.8 Å². The number of nitrogens with two attached hydrogens (primary N) is 1. The highest BCUT2D eigenvalue weighted by molar-refractivity contribution is 5.99. The Bertz CT molecular complexity index is 1070. The Morgan fingerprint density at radius 2 is 1.82 bits per heavy atom. The molecule has 1 aromatic heterocycles. The summed E-state index contributed by atoms with van der Waals surface area (Å²) in [5.74, 6) is 0.450. The summed E-state index contributed by atoms with van der Waals surface area (Å²) >= 11 is 0. The standard InChI is InChI=1S/C25H34N4O5/c1-16-15-28(24(31)22(34-25(26)32)17-7-5-4-6-8-17)11-12-29(16)23(30)21-13-18-9-10-19(33-3)14-20(18)27(21)2/h9-10,13-14,16-17,22H,4-8,11-12,15H2,1-3H3,(H2,26,32)/t16-,22-/m0/s1. The van der Waals surface area contributed by atoms with Gasteiger partial charge in [-0.15, -0.1) is 0 Å². The quantitative estimate of drug-likeness (QED) is 0.723. The summed E-state index contributed by atoms with van der Waals surface area (Å²) in [4.78, 5) is 41.8. The molecule has 2 heterocycles. The third kappa shape index (κ3) is 4.69. The van der Waals surface area contributed by atoms with Gasteiger partial charge in [-0.25, -0.2) is 4.79 Å². The van der Waals surface area contributed by atoms with E-state index in [1.807, 2.05) is 42.8 Å². The van der Waals surface area contributed by atoms with Crippen LogP contribution in [0.5, 0.6) is 5.75 Å². The van der Waals surface area contributed by atoms with Crippen LogP contribution in [0.3, 0.4) is 0 Å². The minimum absolute atomic E-state index is 0.00323. The molecule has 1 saturated carbocycles. The molecule has 2 N–H and O–H groups in total. The van der Waals surface area contributed by atoms with Crippen LogP contribution in [0.25, 0.3) is 10.9 Å². The number of nitrogens with zero attached hydrogens (tertiary/aromatic N) is 3. The summed E-state index contributed by atoms with van der Waals surface area (Å²) < 4.78 is 12.5. The number of fused-ring (bicyclic) bond motifs is 1. The molecule has 2 aromatic rings. The van der Waals surface area contributed by atoms with Crippen LogP contribution >= 0.6 is 0 Å². The van der Waals surface area contributed by atoms with Crippen molar-refractivity contribution >= 4 is 28.8 Å². The van der Waals surface area contributed by atoms with Crippen molar-refractivity contribution in [2.75, 3.05) is 26.7 Å². The third-order valence-electron chi connectivity index (χ3n) is 7.24. The van der Waals surface area contributed by atoms with Gasteiger partial charge in [-0.3, -0.25) is 9.59 Å². The van der Waals surface area contributed by atoms with E-state index in [4.69, 9.17) is 15.2 Å². The summed E-state index contributed by atoms with van der Waals surface area (Å²) in [6.07, 6.45) is 3.11. The molecule has 2 fully saturated rings. The Kier molecular flexibility index (Phi) is 7.00. The molecule has 9 nitrogen and oxygen atoms in total. The maximum atomic E-state index is 13.4. The third-order valence-corrected chi connectivity index (χ3v) is 7.24. The van der Waals surface area contributed by atoms with Gasteiger partial charge in [-0.05, 0) is 38.0 Å². The number of carbonyl (C=O) groups excluding carboxylic acids is 3. The van der Waals surface area contributed by atoms with E-state index < -0.39 is 12.2 Å². The number of aryl methyl sites for hydroxylation is 1. The van der Waals surface area contributed by atoms with Crippen LogP contribution in [0.15, 0.2) is 24.3 Å². The number of benzene rings is 1. The maximum Gasteiger partial charge on any atom is 0.405 e. The number of rotatable bonds is 5. The lowest BCUT2D eigenvalue weighted by Crippen LogP contribution is -2.58. The first-order valence-corrected chi connectivity index (χ1v) is 12.0. The SMILES string of the molecule is COc1ccc2cc(C(=O)N3CCN(C(=O)[C@@H](OC(N)=O)C4CCCCC4)C[C@@H]3C)n(C)c2c1. The average molecular weight is 471 g/mol. The van der Waals surface area contributed by atoms with Crippen LogP contribution in [0.4, 0.5) is 4.79 Å². The lowest BCUT2D eigenvalue weighted by molar-refractivity contribution is -0.146. The van der Waals surface area contributed by atoms with Crippen molar-refractivity contribution < 1.29 is 23.9 Å². The number of hydrogen-bond donors (Lipinski definition) is 1. The zero-order valence-electron chi connectivity index (χ0n) is 20.2. The first-order chi connectivity index (χ1) is 16.3. The summed E-state index contributed by atoms with van der Waals surface area (Å²) in [6, 6.07) is 7.44. The lowest BCUT2D eigenvalue weighted by Gasteiger charge is -2.41. The molecule has 34 heavy (non-hydrogen) atoms. The Labute approximate surface area is 199 Å². The summed E-state index contributed by atoms with van der Waals surface area (Å²) in [5.41, 5.74) is 6.80. The van der Waals surface area contributed by atoms with E-state index in [1.54, 1.807) is 16.9 Å². The van der Waals surface area contributed by atoms with Crippen LogP contribution in [0.2, 0.25) is 0 Å². The second kappa shape index (κ2) is 9.95. The van der Waals surface area contributed by atoms with E-state index in [2.05, 4.69) is 0 Å². The van der Waals surface area contributed by atoms with Crippen molar-refractivity contribution in [2.24, 2.45) is 18.7 Å². The maximum absolute atomic E-state index is 13.4. The van der Waals surface area contributed by atoms with Gasteiger partial charge >= 0.3 is 6.09 Å². The fourth-order valence-electron chi connectivity index (χ4n) is 5.34. The van der Waals surface area contributed by atoms with Crippen LogP contribution < -0.4 is 10.5 Å². The minimum atomic E-state index is -0.918. The molecule has 0 spiro atoms. The van der Waals surface area contributed by atoms with Crippen molar-refractivity contribution in [3.63, 3.8) is 0 Å². The van der Waals surface area contributed by atoms with Gasteiger partial charge in [0.25, 0.3) is 11.8 Å². The van der Waals surface area contributed by atoms with Crippen LogP contribution in [-0.2, 0) is 16.6 Å². The monoisotopic (exact) mass is 470 g/mol. The van der Waals surface area contributed by atoms with E-state index in [-0.39, 0.29) is 23.8 Å². The van der Waals surface area contributed by atoms with Crippen LogP contribution in [0.1, 0.15) is 49.5 Å². The largest absolute Gasteiger partial charge is 0.497 e. The van der Waals surface area contributed by atoms with E-state index in [0.29, 0.717) is 25.3 Å². The van der Waals surface area contributed by atoms with Gasteiger partial charge in [-0.1, -0.05) is 19.3 Å². The molecular weight excluding hydrogens is 436 g/mol. The second-order valence-electron chi connectivity index (χ2n) is 9.40. The second-order valence-corrected chi connectivity index (χ2v) is 9.40. The lowest BCUT2D eigenvalue weighted by atomic mass is 9.84. The molecule has 2 aliphatic rings. The zero-order valence-corrected chi connectivity index (χ0v) is 20.2. The van der Waals surface area contributed by atoms with Gasteiger partial charge < -0.3 is 29.6 Å². The molecule has 4 rings (SSSR count). The van der Waals surface area contributed by atoms with E-state index in [9.17, 15) is 14.4 Å². The Hall–Kier alpha value is -3.23. The molecule has 0 bridgehead atoms. The number of piperazine rings is 1. The van der Waals surface area contributed by atoms with Gasteiger partial charge in [0, 0.05) is 50.1 Å². The molecular formula is C25H34N4O5. The topological polar surface area (TPSA) is 107 Å². The first-order valence-electron chi connectivity index (χ1n) is 12.0. The predicted molar refractivity (Wildman–Crippen MR) is 128 cm³/mol. The van der Waals surface area contributed by atoms with Gasteiger partial charge in [0.2, 0.25) is 0 Å². The molecule has 0 unspecified atom stereocenters. The van der Waals surface area contributed by atoms with Crippen LogP contribution in [0, 0.1) is 5.92 Å². The number of ether oxygens (including phenoxy) is 2. The molecule has 1 aromatic carbocycles. The molecule has 3 amide bonds. The van der Waals surface area contributed by atoms with Gasteiger partial charge in [0.05, 0.1) is 12.6 Å². The molecule has 0 radical (unpaired) electrons. The van der Waals surface area contributed by atoms with Crippen molar-refractivity contribution in [2.45, 2.75) is 51.2 Å². The van der Waals surface area contributed by atoms with Gasteiger partial charge in [0.1, 0.15) is 11.4 Å². The fourth-order valence-corrected chi connectivity index (χ4v) is 5.34. The number of hydrogen-bond acceptors (Lipinski definition) is 5. The highest BCUT2D eigenvalue weighted by Crippen LogP contribution is 2.30. The zero-order chi connectivity index (χ0) is 24.4. The molecule has 184 valence electrons. The molecule has 2 atom stereocenters. The molecule has 1 aliphatic carbocycles. The fraction of sp³-hybridized carbons (Fsp3) is 0.560. The Morgan fingerprint density at radius 3 is 2.47 bits per heavy atom. The smallest absolute Gasteiger partial charge is 0.405 e. The van der Waals surface area contributed by atoms with Crippen LogP contribution in [-0.4, -0.2) is 71.2 Å². The average Bonchev–Trinajstić information content (AvgIpc) is 3.17. The van der Waals surface area contributed by atoms with E-state index in [1.165, 1.54) is 0 Å². The van der Waals surface area contributed by atoms with Crippen molar-refractivity contribution in [1.29, 1.82) is 0 Å². The van der Waals surface area contributed by atoms with Gasteiger partial charge in [0.15, 0.2) is 6.10 Å². The highest BCUT2D eigenvalue weighted by atomic mass is 16.6. The Morgan fingerprint density at radius 1 is 1.09 bits per heavy atom. The van der Waals surface area contributed by atoms with Crippen molar-refractivity contribution in [1.82, 2.24) is 14.4 Å². The number of primary amides is 1. The molecule has 1 aliphatic heterocycles. The minimum Gasteiger partial charge on any atom is -0.497 e. The van der Waals surface area contributed by atoms with Gasteiger partial charge in [-0.2, -0.15) is 0 Å². The van der Waals surface area contributed by atoms with Crippen molar-refractivity contribution in [3.05, 3.63) is 30.0 Å². The van der Waals surface area contributed by atoms with Crippen molar-refractivity contribution in [3.8, 4) is 5.75 Å². The summed E-state index contributed by atoms with van der Waals surface area (Å²) in [7, 11) is 3.49. The molecule has 1 saturated heterocycles. The summed E-state index contributed by atoms with van der Waals surface area (Å²) in [5, 5.41) is 0.965. The summed E-state index contributed by atoms with van der Waals surface area (Å²) in [6.45, 7) is 3.11. The normalized spacial score (nSPS) is 20.3. The predicted octanol–water partition coefficient (Wildman–Crippen LogP) is 2.90.